The molecule has 0 spiro atoms. The average molecular weight is 280 g/mol. The Bertz CT molecular complexity index is 467. The Morgan fingerprint density at radius 1 is 1.30 bits per heavy atom. The van der Waals surface area contributed by atoms with Crippen LogP contribution in [0.25, 0.3) is 0 Å². The molecule has 0 bridgehead atoms. The van der Waals surface area contributed by atoms with Crippen LogP contribution in [-0.2, 0) is 9.59 Å². The highest BCUT2D eigenvalue weighted by molar-refractivity contribution is 5.88. The third-order valence-electron chi connectivity index (χ3n) is 5.97. The van der Waals surface area contributed by atoms with Gasteiger partial charge < -0.3 is 10.2 Å². The Morgan fingerprint density at radius 3 is 2.50 bits per heavy atom. The van der Waals surface area contributed by atoms with Crippen LogP contribution in [0, 0.1) is 22.7 Å². The molecule has 2 rings (SSSR count). The summed E-state index contributed by atoms with van der Waals surface area (Å²) in [7, 11) is 0. The van der Waals surface area contributed by atoms with Crippen molar-refractivity contribution >= 4 is 11.9 Å². The fourth-order valence-electron chi connectivity index (χ4n) is 4.64. The first-order valence-corrected chi connectivity index (χ1v) is 7.37. The van der Waals surface area contributed by atoms with E-state index in [0.29, 0.717) is 11.5 Å². The SMILES string of the molecule is C[C@@H]1CC[C@]2(C)C(C(=O)O)=CCC[C@@H]2[C@@]1(C)CC(=O)O. The molecular formula is C16H24O4. The van der Waals surface area contributed by atoms with E-state index in [-0.39, 0.29) is 23.2 Å². The maximum Gasteiger partial charge on any atom is 0.331 e. The topological polar surface area (TPSA) is 74.6 Å². The van der Waals surface area contributed by atoms with Gasteiger partial charge in [0.2, 0.25) is 0 Å². The monoisotopic (exact) mass is 280 g/mol. The standard InChI is InChI=1S/C16H24O4/c1-10-7-8-15(2)11(14(19)20)5-4-6-12(15)16(10,3)9-13(17)18/h5,10,12H,4,6-9H2,1-3H3,(H,17,18)(H,19,20)/t10-,12+,15-,16+/m1/s1. The maximum absolute atomic E-state index is 11.5. The molecule has 0 heterocycles. The van der Waals surface area contributed by atoms with Crippen molar-refractivity contribution in [3.05, 3.63) is 11.6 Å². The van der Waals surface area contributed by atoms with Gasteiger partial charge in [-0.2, -0.15) is 0 Å². The van der Waals surface area contributed by atoms with Gasteiger partial charge in [0.05, 0.1) is 6.42 Å². The van der Waals surface area contributed by atoms with E-state index in [2.05, 4.69) is 6.92 Å². The van der Waals surface area contributed by atoms with Crippen LogP contribution in [0.15, 0.2) is 11.6 Å². The van der Waals surface area contributed by atoms with Crippen LogP contribution in [0.2, 0.25) is 0 Å². The number of rotatable bonds is 3. The molecule has 2 aliphatic carbocycles. The fraction of sp³-hybridized carbons (Fsp3) is 0.750. The van der Waals surface area contributed by atoms with E-state index in [0.717, 1.165) is 25.7 Å². The third-order valence-corrected chi connectivity index (χ3v) is 5.97. The van der Waals surface area contributed by atoms with Crippen LogP contribution >= 0.6 is 0 Å². The zero-order valence-electron chi connectivity index (χ0n) is 12.5. The Kier molecular flexibility index (Phi) is 3.69. The second kappa shape index (κ2) is 4.90. The summed E-state index contributed by atoms with van der Waals surface area (Å²) in [6.07, 6.45) is 5.33. The summed E-state index contributed by atoms with van der Waals surface area (Å²) in [5.41, 5.74) is -0.216. The van der Waals surface area contributed by atoms with Crippen molar-refractivity contribution in [2.24, 2.45) is 22.7 Å². The highest BCUT2D eigenvalue weighted by Gasteiger charge is 2.55. The molecule has 0 aromatic carbocycles. The summed E-state index contributed by atoms with van der Waals surface area (Å²) >= 11 is 0. The molecule has 0 aliphatic heterocycles. The smallest absolute Gasteiger partial charge is 0.331 e. The van der Waals surface area contributed by atoms with Gasteiger partial charge in [-0.1, -0.05) is 26.8 Å². The molecule has 0 saturated heterocycles. The zero-order valence-corrected chi connectivity index (χ0v) is 12.5. The Morgan fingerprint density at radius 2 is 1.95 bits per heavy atom. The summed E-state index contributed by atoms with van der Waals surface area (Å²) in [4.78, 5) is 22.8. The molecule has 112 valence electrons. The Hall–Kier alpha value is -1.32. The molecule has 1 fully saturated rings. The summed E-state index contributed by atoms with van der Waals surface area (Å²) in [6, 6.07) is 0. The molecule has 2 aliphatic rings. The van der Waals surface area contributed by atoms with Crippen molar-refractivity contribution in [3.63, 3.8) is 0 Å². The normalized spacial score (nSPS) is 40.6. The number of carboxylic acid groups (broad SMARTS) is 2. The number of fused-ring (bicyclic) bond motifs is 1. The highest BCUT2D eigenvalue weighted by Crippen LogP contribution is 2.61. The van der Waals surface area contributed by atoms with Crippen LogP contribution in [0.3, 0.4) is 0 Å². The first kappa shape index (κ1) is 15.1. The van der Waals surface area contributed by atoms with Crippen LogP contribution in [0.1, 0.15) is 52.9 Å². The highest BCUT2D eigenvalue weighted by atomic mass is 16.4. The molecular weight excluding hydrogens is 256 g/mol. The predicted molar refractivity (Wildman–Crippen MR) is 75.3 cm³/mol. The largest absolute Gasteiger partial charge is 0.481 e. The van der Waals surface area contributed by atoms with Crippen molar-refractivity contribution in [2.75, 3.05) is 0 Å². The second-order valence-corrected chi connectivity index (χ2v) is 6.99. The van der Waals surface area contributed by atoms with Crippen molar-refractivity contribution in [2.45, 2.75) is 52.9 Å². The number of hydrogen-bond acceptors (Lipinski definition) is 2. The van der Waals surface area contributed by atoms with Gasteiger partial charge in [0.1, 0.15) is 0 Å². The lowest BCUT2D eigenvalue weighted by Gasteiger charge is -2.57. The minimum absolute atomic E-state index is 0.126. The molecule has 4 heteroatoms. The average Bonchev–Trinajstić information content (AvgIpc) is 2.33. The van der Waals surface area contributed by atoms with Crippen LogP contribution in [0.4, 0.5) is 0 Å². The number of hydrogen-bond donors (Lipinski definition) is 2. The lowest BCUT2D eigenvalue weighted by molar-refractivity contribution is -0.146. The maximum atomic E-state index is 11.5. The van der Waals surface area contributed by atoms with Gasteiger partial charge >= 0.3 is 11.9 Å². The van der Waals surface area contributed by atoms with Gasteiger partial charge in [-0.25, -0.2) is 4.79 Å². The van der Waals surface area contributed by atoms with E-state index in [9.17, 15) is 19.8 Å². The molecule has 0 unspecified atom stereocenters. The Balaban J connectivity index is 2.45. The lowest BCUT2D eigenvalue weighted by Crippen LogP contribution is -2.51. The minimum atomic E-state index is -0.843. The number of allylic oxidation sites excluding steroid dienone is 1. The number of aliphatic carboxylic acids is 2. The first-order chi connectivity index (χ1) is 9.21. The molecule has 1 saturated carbocycles. The quantitative estimate of drug-likeness (QED) is 0.831. The fourth-order valence-corrected chi connectivity index (χ4v) is 4.64. The van der Waals surface area contributed by atoms with E-state index < -0.39 is 11.9 Å². The minimum Gasteiger partial charge on any atom is -0.481 e. The van der Waals surface area contributed by atoms with Crippen LogP contribution in [-0.4, -0.2) is 22.2 Å². The molecule has 0 aromatic heterocycles. The van der Waals surface area contributed by atoms with Gasteiger partial charge in [-0.3, -0.25) is 4.79 Å². The van der Waals surface area contributed by atoms with Gasteiger partial charge in [-0.05, 0) is 42.9 Å². The predicted octanol–water partition coefficient (Wildman–Crippen LogP) is 3.32. The van der Waals surface area contributed by atoms with E-state index in [1.165, 1.54) is 0 Å². The van der Waals surface area contributed by atoms with E-state index >= 15 is 0 Å². The van der Waals surface area contributed by atoms with Gasteiger partial charge in [0.15, 0.2) is 0 Å². The summed E-state index contributed by atoms with van der Waals surface area (Å²) < 4.78 is 0. The molecule has 4 nitrogen and oxygen atoms in total. The van der Waals surface area contributed by atoms with Gasteiger partial charge in [0, 0.05) is 11.0 Å². The molecule has 2 N–H and O–H groups in total. The number of carboxylic acids is 2. The van der Waals surface area contributed by atoms with E-state index in [1.807, 2.05) is 19.9 Å². The summed E-state index contributed by atoms with van der Waals surface area (Å²) in [5, 5.41) is 18.7. The Labute approximate surface area is 119 Å². The number of carbonyl (C=O) groups is 2. The van der Waals surface area contributed by atoms with Crippen molar-refractivity contribution in [3.8, 4) is 0 Å². The molecule has 0 aromatic rings. The summed E-state index contributed by atoms with van der Waals surface area (Å²) in [5.74, 6) is -1.18. The van der Waals surface area contributed by atoms with Gasteiger partial charge in [-0.15, -0.1) is 0 Å². The zero-order chi connectivity index (χ0) is 15.1. The van der Waals surface area contributed by atoms with Crippen molar-refractivity contribution in [1.29, 1.82) is 0 Å². The molecule has 0 amide bonds. The van der Waals surface area contributed by atoms with Gasteiger partial charge in [0.25, 0.3) is 0 Å². The lowest BCUT2D eigenvalue weighted by atomic mass is 9.47. The molecule has 20 heavy (non-hydrogen) atoms. The third kappa shape index (κ3) is 2.15. The van der Waals surface area contributed by atoms with E-state index in [1.54, 1.807) is 0 Å². The van der Waals surface area contributed by atoms with Crippen LogP contribution in [0.5, 0.6) is 0 Å². The molecule has 0 radical (unpaired) electrons. The van der Waals surface area contributed by atoms with Crippen molar-refractivity contribution in [1.82, 2.24) is 0 Å². The summed E-state index contributed by atoms with van der Waals surface area (Å²) in [6.45, 7) is 6.17. The van der Waals surface area contributed by atoms with E-state index in [4.69, 9.17) is 0 Å². The second-order valence-electron chi connectivity index (χ2n) is 6.99. The van der Waals surface area contributed by atoms with Crippen LogP contribution < -0.4 is 0 Å². The first-order valence-electron chi connectivity index (χ1n) is 7.37. The molecule has 4 atom stereocenters. The van der Waals surface area contributed by atoms with Crippen molar-refractivity contribution < 1.29 is 19.8 Å².